The summed E-state index contributed by atoms with van der Waals surface area (Å²) in [5.41, 5.74) is 0. The first-order chi connectivity index (χ1) is 3.00. The molecule has 0 rings (SSSR count). The molecule has 0 heterocycles. The fourth-order valence-corrected chi connectivity index (χ4v) is 0. The third-order valence-electron chi connectivity index (χ3n) is 0. The molecular weight excluding hydrogens is 191 g/mol. The molecule has 0 amide bonds. The molecule has 0 spiro atoms. The van der Waals surface area contributed by atoms with E-state index in [9.17, 15) is 0 Å². The average Bonchev–Trinajstić information content (AvgIpc) is 1.81. The fourth-order valence-electron chi connectivity index (χ4n) is 0. The maximum atomic E-state index is 5.00. The maximum Gasteiger partial charge on any atom is 4.00 e. The molecule has 7 heavy (non-hydrogen) atoms. The minimum Gasteiger partial charge on any atom is -1.00 e. The van der Waals surface area contributed by atoms with Gasteiger partial charge in [0, 0.05) is 0 Å². The predicted molar refractivity (Wildman–Crippen MR) is 25.2 cm³/mol. The van der Waals surface area contributed by atoms with Crippen LogP contribution in [-0.4, -0.2) is 23.9 Å². The topological polar surface area (TPSA) is 0 Å². The molecule has 0 aliphatic carbocycles. The second-order valence-corrected chi connectivity index (χ2v) is 0. The fraction of sp³-hybridized carbons (Fsp3) is 0. The van der Waals surface area contributed by atoms with Crippen LogP contribution in [0, 0.1) is 38.5 Å². The van der Waals surface area contributed by atoms with E-state index >= 15 is 0 Å². The van der Waals surface area contributed by atoms with Crippen LogP contribution in [0.4, 0.5) is 0 Å². The molecule has 0 fully saturated rings. The van der Waals surface area contributed by atoms with Gasteiger partial charge in [0.15, 0.2) is 0 Å². The monoisotopic (exact) mass is 192 g/mol. The van der Waals surface area contributed by atoms with Gasteiger partial charge < -0.3 is 38.5 Å². The van der Waals surface area contributed by atoms with E-state index in [-0.39, 0.29) is 23.9 Å². The second-order valence-electron chi connectivity index (χ2n) is 0. The summed E-state index contributed by atoms with van der Waals surface area (Å²) in [5, 5.41) is 0. The first-order valence-corrected chi connectivity index (χ1v) is 0.750. The summed E-state index contributed by atoms with van der Waals surface area (Å²) < 4.78 is 0. The number of rotatable bonds is 0. The second kappa shape index (κ2) is 404. The van der Waals surface area contributed by atoms with Crippen molar-refractivity contribution in [1.29, 1.82) is 0 Å². The summed E-state index contributed by atoms with van der Waals surface area (Å²) in [6.07, 6.45) is 30.0. The molecule has 0 aliphatic rings. The zero-order valence-corrected chi connectivity index (χ0v) is 6.35. The molecule has 0 unspecified atom stereocenters. The molecule has 0 bridgehead atoms. The molecule has 0 N–H and O–H groups in total. The Morgan fingerprint density at radius 2 is 0.429 bits per heavy atom. The Morgan fingerprint density at radius 3 is 0.429 bits per heavy atom. The van der Waals surface area contributed by atoms with E-state index in [1.54, 1.807) is 0 Å². The van der Waals surface area contributed by atoms with E-state index in [0.29, 0.717) is 0 Å². The Morgan fingerprint density at radius 1 is 0.429 bits per heavy atom. The van der Waals surface area contributed by atoms with Gasteiger partial charge in [-0.15, -0.1) is 0 Å². The van der Waals surface area contributed by atoms with E-state index in [2.05, 4.69) is 0 Å². The summed E-state index contributed by atoms with van der Waals surface area (Å²) in [6, 6.07) is 0. The van der Waals surface area contributed by atoms with Gasteiger partial charge in [-0.2, -0.15) is 0 Å². The van der Waals surface area contributed by atoms with Gasteiger partial charge in [0.25, 0.3) is 0 Å². The molecule has 0 aromatic heterocycles. The number of hydrogen-bond donors (Lipinski definition) is 0. The molecule has 0 saturated carbocycles. The SMILES string of the molecule is [C-]#[C-].[C-]#[C-].[C-]#[C-].[Sn+4]. The van der Waals surface area contributed by atoms with Crippen LogP contribution in [0.5, 0.6) is 0 Å². The Balaban J connectivity index is -0.00000000900. The van der Waals surface area contributed by atoms with Crippen LogP contribution in [-0.2, 0) is 0 Å². The van der Waals surface area contributed by atoms with Crippen LogP contribution < -0.4 is 0 Å². The summed E-state index contributed by atoms with van der Waals surface area (Å²) in [7, 11) is 0. The molecule has 0 nitrogen and oxygen atoms in total. The van der Waals surface area contributed by atoms with Gasteiger partial charge >= 0.3 is 23.9 Å². The summed E-state index contributed by atoms with van der Waals surface area (Å²) in [4.78, 5) is 0. The Kier molecular flexibility index (Phi) is 1830. The van der Waals surface area contributed by atoms with E-state index in [4.69, 9.17) is 38.5 Å². The van der Waals surface area contributed by atoms with Gasteiger partial charge in [-0.25, -0.2) is 0 Å². The van der Waals surface area contributed by atoms with E-state index in [1.165, 1.54) is 0 Å². The third kappa shape index (κ3) is 244. The van der Waals surface area contributed by atoms with Crippen LogP contribution >= 0.6 is 0 Å². The van der Waals surface area contributed by atoms with Gasteiger partial charge in [-0.1, -0.05) is 0 Å². The van der Waals surface area contributed by atoms with Crippen molar-refractivity contribution in [3.05, 3.63) is 38.5 Å². The van der Waals surface area contributed by atoms with Crippen LogP contribution in [0.1, 0.15) is 0 Å². The van der Waals surface area contributed by atoms with Gasteiger partial charge in [0.1, 0.15) is 0 Å². The largest absolute Gasteiger partial charge is 4.00 e. The van der Waals surface area contributed by atoms with E-state index in [0.717, 1.165) is 0 Å². The molecule has 0 atom stereocenters. The molecule has 1 heteroatoms. The summed E-state index contributed by atoms with van der Waals surface area (Å²) >= 11 is 0. The molecule has 0 aromatic carbocycles. The predicted octanol–water partition coefficient (Wildman–Crippen LogP) is 0.107. The van der Waals surface area contributed by atoms with Crippen molar-refractivity contribution in [3.63, 3.8) is 0 Å². The van der Waals surface area contributed by atoms with Gasteiger partial charge in [-0.3, -0.25) is 0 Å². The summed E-state index contributed by atoms with van der Waals surface area (Å²) in [6.45, 7) is 0. The molecule has 0 saturated heterocycles. The van der Waals surface area contributed by atoms with Crippen molar-refractivity contribution in [2.75, 3.05) is 0 Å². The minimum atomic E-state index is 0. The van der Waals surface area contributed by atoms with Gasteiger partial charge in [0.05, 0.1) is 0 Å². The first-order valence-electron chi connectivity index (χ1n) is 0.750. The van der Waals surface area contributed by atoms with Gasteiger partial charge in [-0.05, 0) is 0 Å². The van der Waals surface area contributed by atoms with Crippen LogP contribution in [0.3, 0.4) is 0 Å². The van der Waals surface area contributed by atoms with Crippen molar-refractivity contribution < 1.29 is 0 Å². The molecule has 0 aromatic rings. The van der Waals surface area contributed by atoms with Crippen molar-refractivity contribution in [1.82, 2.24) is 0 Å². The first kappa shape index (κ1) is 31.7. The normalized spacial score (nSPS) is 0.857. The zero-order valence-electron chi connectivity index (χ0n) is 3.50. The van der Waals surface area contributed by atoms with E-state index < -0.39 is 0 Å². The van der Waals surface area contributed by atoms with Crippen molar-refractivity contribution in [3.8, 4) is 0 Å². The zero-order chi connectivity index (χ0) is 6.00. The molecule has 0 aliphatic heterocycles. The Bertz CT molecular complexity index is 32.7. The smallest absolute Gasteiger partial charge is 1.00 e. The molecule has 0 radical (unpaired) electrons. The standard InChI is InChI=1S/3C2.Sn/c3*1-2;/q3*-2;+4. The van der Waals surface area contributed by atoms with E-state index in [1.807, 2.05) is 0 Å². The van der Waals surface area contributed by atoms with Crippen molar-refractivity contribution in [2.24, 2.45) is 0 Å². The molecule has 30 valence electrons. The van der Waals surface area contributed by atoms with Crippen molar-refractivity contribution >= 4 is 23.9 Å². The van der Waals surface area contributed by atoms with Gasteiger partial charge in [0.2, 0.25) is 0 Å². The Hall–Kier alpha value is -0.521. The average molecular weight is 191 g/mol. The molecular formula is C6Sn-2. The third-order valence-corrected chi connectivity index (χ3v) is 0. The summed E-state index contributed by atoms with van der Waals surface area (Å²) in [5.74, 6) is 0. The quantitative estimate of drug-likeness (QED) is 0.289. The van der Waals surface area contributed by atoms with Crippen molar-refractivity contribution in [2.45, 2.75) is 0 Å². The van der Waals surface area contributed by atoms with Crippen LogP contribution in [0.2, 0.25) is 0 Å². The minimum absolute atomic E-state index is 0. The maximum absolute atomic E-state index is 5.00. The van der Waals surface area contributed by atoms with Crippen LogP contribution in [0.25, 0.3) is 0 Å². The number of hydrogen-bond acceptors (Lipinski definition) is 0. The Labute approximate surface area is 62.7 Å². The van der Waals surface area contributed by atoms with Crippen LogP contribution in [0.15, 0.2) is 0 Å².